The number of benzene rings is 2. The van der Waals surface area contributed by atoms with Crippen LogP contribution < -0.4 is 9.47 Å². The molecule has 0 bridgehead atoms. The molecule has 0 spiro atoms. The third-order valence-electron chi connectivity index (χ3n) is 4.11. The summed E-state index contributed by atoms with van der Waals surface area (Å²) in [5.74, 6) is 1.61. The standard InChI is InChI=1S/C20H17ClN4O3/c1-26-20-10-19(16(9-17(20)21)18-7-8-22-28-18)27-13-15-12-25(24-23-15)11-14-5-3-2-4-6-14/h2-10,12H,11,13H2,1H3. The highest BCUT2D eigenvalue weighted by Crippen LogP contribution is 2.38. The molecule has 0 radical (unpaired) electrons. The molecule has 142 valence electrons. The lowest BCUT2D eigenvalue weighted by atomic mass is 10.1. The second-order valence-electron chi connectivity index (χ2n) is 6.04. The van der Waals surface area contributed by atoms with E-state index in [0.29, 0.717) is 40.1 Å². The van der Waals surface area contributed by atoms with Crippen molar-refractivity contribution < 1.29 is 14.0 Å². The second-order valence-corrected chi connectivity index (χ2v) is 6.45. The smallest absolute Gasteiger partial charge is 0.170 e. The van der Waals surface area contributed by atoms with E-state index in [0.717, 1.165) is 5.56 Å². The molecule has 0 saturated carbocycles. The van der Waals surface area contributed by atoms with Crippen molar-refractivity contribution in [1.29, 1.82) is 0 Å². The summed E-state index contributed by atoms with van der Waals surface area (Å²) < 4.78 is 18.3. The number of hydrogen-bond acceptors (Lipinski definition) is 6. The molecule has 0 fully saturated rings. The molecule has 0 aliphatic carbocycles. The highest BCUT2D eigenvalue weighted by atomic mass is 35.5. The van der Waals surface area contributed by atoms with E-state index in [2.05, 4.69) is 15.5 Å². The molecule has 2 aromatic heterocycles. The van der Waals surface area contributed by atoms with Gasteiger partial charge in [-0.25, -0.2) is 4.68 Å². The number of halogens is 1. The molecule has 0 saturated heterocycles. The number of nitrogens with zero attached hydrogens (tertiary/aromatic N) is 4. The Kier molecular flexibility index (Phi) is 5.25. The third kappa shape index (κ3) is 3.99. The van der Waals surface area contributed by atoms with Gasteiger partial charge in [-0.2, -0.15) is 0 Å². The first kappa shape index (κ1) is 18.1. The Bertz CT molecular complexity index is 1050. The molecule has 2 heterocycles. The van der Waals surface area contributed by atoms with Gasteiger partial charge >= 0.3 is 0 Å². The Morgan fingerprint density at radius 1 is 1.11 bits per heavy atom. The Morgan fingerprint density at radius 2 is 1.96 bits per heavy atom. The van der Waals surface area contributed by atoms with Crippen molar-refractivity contribution >= 4 is 11.6 Å². The van der Waals surface area contributed by atoms with Crippen LogP contribution in [0.2, 0.25) is 5.02 Å². The highest BCUT2D eigenvalue weighted by molar-refractivity contribution is 6.32. The van der Waals surface area contributed by atoms with E-state index in [4.69, 9.17) is 25.6 Å². The summed E-state index contributed by atoms with van der Waals surface area (Å²) in [5.41, 5.74) is 2.53. The molecule has 7 nitrogen and oxygen atoms in total. The molecule has 4 rings (SSSR count). The second kappa shape index (κ2) is 8.14. The van der Waals surface area contributed by atoms with Gasteiger partial charge in [0.2, 0.25) is 0 Å². The van der Waals surface area contributed by atoms with E-state index < -0.39 is 0 Å². The van der Waals surface area contributed by atoms with Gasteiger partial charge in [0.25, 0.3) is 0 Å². The monoisotopic (exact) mass is 396 g/mol. The fourth-order valence-corrected chi connectivity index (χ4v) is 3.00. The van der Waals surface area contributed by atoms with Crippen LogP contribution in [0, 0.1) is 0 Å². The average molecular weight is 397 g/mol. The first-order chi connectivity index (χ1) is 13.7. The summed E-state index contributed by atoms with van der Waals surface area (Å²) in [6, 6.07) is 15.2. The first-order valence-electron chi connectivity index (χ1n) is 8.57. The van der Waals surface area contributed by atoms with Gasteiger partial charge in [-0.15, -0.1) is 5.10 Å². The molecule has 0 unspecified atom stereocenters. The maximum Gasteiger partial charge on any atom is 0.170 e. The van der Waals surface area contributed by atoms with Crippen molar-refractivity contribution in [2.45, 2.75) is 13.2 Å². The minimum Gasteiger partial charge on any atom is -0.495 e. The summed E-state index contributed by atoms with van der Waals surface area (Å²) in [7, 11) is 1.55. The average Bonchev–Trinajstić information content (AvgIpc) is 3.40. The van der Waals surface area contributed by atoms with Crippen LogP contribution in [0.15, 0.2) is 65.4 Å². The van der Waals surface area contributed by atoms with E-state index in [-0.39, 0.29) is 6.61 Å². The zero-order valence-corrected chi connectivity index (χ0v) is 15.8. The number of ether oxygens (including phenoxy) is 2. The predicted molar refractivity (Wildman–Crippen MR) is 103 cm³/mol. The maximum atomic E-state index is 6.25. The minimum atomic E-state index is 0.237. The molecule has 8 heteroatoms. The zero-order valence-electron chi connectivity index (χ0n) is 15.1. The normalized spacial score (nSPS) is 10.8. The Balaban J connectivity index is 1.52. The number of rotatable bonds is 7. The van der Waals surface area contributed by atoms with Crippen molar-refractivity contribution in [3.05, 3.63) is 77.2 Å². The fourth-order valence-electron chi connectivity index (χ4n) is 2.76. The molecule has 0 N–H and O–H groups in total. The van der Waals surface area contributed by atoms with E-state index in [1.54, 1.807) is 36.2 Å². The topological polar surface area (TPSA) is 75.2 Å². The first-order valence-corrected chi connectivity index (χ1v) is 8.95. The van der Waals surface area contributed by atoms with Gasteiger partial charge in [-0.05, 0) is 11.6 Å². The van der Waals surface area contributed by atoms with Crippen LogP contribution in [0.3, 0.4) is 0 Å². The zero-order chi connectivity index (χ0) is 19.3. The molecule has 2 aromatic carbocycles. The lowest BCUT2D eigenvalue weighted by molar-refractivity contribution is 0.298. The van der Waals surface area contributed by atoms with Crippen molar-refractivity contribution in [3.8, 4) is 22.8 Å². The van der Waals surface area contributed by atoms with Gasteiger partial charge in [0.05, 0.1) is 36.6 Å². The van der Waals surface area contributed by atoms with Crippen LogP contribution in [0.4, 0.5) is 0 Å². The lowest BCUT2D eigenvalue weighted by Crippen LogP contribution is -2.00. The van der Waals surface area contributed by atoms with E-state index in [1.807, 2.05) is 36.5 Å². The van der Waals surface area contributed by atoms with E-state index in [9.17, 15) is 0 Å². The Labute approximate surface area is 166 Å². The molecule has 0 aliphatic heterocycles. The summed E-state index contributed by atoms with van der Waals surface area (Å²) in [4.78, 5) is 0. The largest absolute Gasteiger partial charge is 0.495 e. The number of aromatic nitrogens is 4. The van der Waals surface area contributed by atoms with Gasteiger partial charge in [-0.1, -0.05) is 52.3 Å². The summed E-state index contributed by atoms with van der Waals surface area (Å²) in [6.45, 7) is 0.882. The van der Waals surface area contributed by atoms with Crippen molar-refractivity contribution in [1.82, 2.24) is 20.2 Å². The predicted octanol–water partition coefficient (Wildman–Crippen LogP) is 4.22. The summed E-state index contributed by atoms with van der Waals surface area (Å²) in [6.07, 6.45) is 3.42. The quantitative estimate of drug-likeness (QED) is 0.465. The molecule has 28 heavy (non-hydrogen) atoms. The van der Waals surface area contributed by atoms with Gasteiger partial charge in [-0.3, -0.25) is 0 Å². The summed E-state index contributed by atoms with van der Waals surface area (Å²) in [5, 5.41) is 12.5. The molecular weight excluding hydrogens is 380 g/mol. The van der Waals surface area contributed by atoms with Gasteiger partial charge in [0.1, 0.15) is 23.8 Å². The fraction of sp³-hybridized carbons (Fsp3) is 0.150. The third-order valence-corrected chi connectivity index (χ3v) is 4.40. The number of hydrogen-bond donors (Lipinski definition) is 0. The lowest BCUT2D eigenvalue weighted by Gasteiger charge is -2.12. The minimum absolute atomic E-state index is 0.237. The Hall–Kier alpha value is -3.32. The molecule has 4 aromatic rings. The van der Waals surface area contributed by atoms with Crippen LogP contribution in [0.5, 0.6) is 11.5 Å². The molecule has 0 aliphatic rings. The summed E-state index contributed by atoms with van der Waals surface area (Å²) >= 11 is 6.25. The van der Waals surface area contributed by atoms with Crippen LogP contribution >= 0.6 is 11.6 Å². The molecule has 0 amide bonds. The van der Waals surface area contributed by atoms with Crippen LogP contribution in [-0.4, -0.2) is 27.3 Å². The van der Waals surface area contributed by atoms with E-state index in [1.165, 1.54) is 0 Å². The van der Waals surface area contributed by atoms with Gasteiger partial charge in [0, 0.05) is 12.1 Å². The number of methoxy groups -OCH3 is 1. The molecule has 0 atom stereocenters. The Morgan fingerprint density at radius 3 is 2.71 bits per heavy atom. The van der Waals surface area contributed by atoms with Gasteiger partial charge in [0.15, 0.2) is 5.76 Å². The van der Waals surface area contributed by atoms with Crippen LogP contribution in [0.25, 0.3) is 11.3 Å². The van der Waals surface area contributed by atoms with Crippen molar-refractivity contribution in [2.75, 3.05) is 7.11 Å². The van der Waals surface area contributed by atoms with Gasteiger partial charge < -0.3 is 14.0 Å². The highest BCUT2D eigenvalue weighted by Gasteiger charge is 2.16. The van der Waals surface area contributed by atoms with Crippen LogP contribution in [0.1, 0.15) is 11.3 Å². The van der Waals surface area contributed by atoms with Crippen LogP contribution in [-0.2, 0) is 13.2 Å². The van der Waals surface area contributed by atoms with Crippen molar-refractivity contribution in [2.24, 2.45) is 0 Å². The SMILES string of the molecule is COc1cc(OCc2cn(Cc3ccccc3)nn2)c(-c2ccno2)cc1Cl. The van der Waals surface area contributed by atoms with Crippen molar-refractivity contribution in [3.63, 3.8) is 0 Å². The van der Waals surface area contributed by atoms with E-state index >= 15 is 0 Å². The maximum absolute atomic E-state index is 6.25. The molecular formula is C20H17ClN4O3.